The average molecular weight is 435 g/mol. The fourth-order valence-corrected chi connectivity index (χ4v) is 4.24. The number of amides is 1. The largest absolute Gasteiger partial charge is 0.361 e. The standard InChI is InChI=1S/C23H18FN3O3S/c24-19-6-2-4-8-22(19)31-21-10-9-16(27(29)30)13-18(21)23(28)25-12-11-15-14-26-20-7-3-1-5-17(15)20/h1-10,13-14,26H,11-12H2,(H,25,28). The molecule has 4 rings (SSSR count). The van der Waals surface area contributed by atoms with Gasteiger partial charge in [-0.05, 0) is 36.2 Å². The summed E-state index contributed by atoms with van der Waals surface area (Å²) >= 11 is 1.06. The number of nitro groups is 1. The number of aromatic nitrogens is 1. The third-order valence-electron chi connectivity index (χ3n) is 4.83. The van der Waals surface area contributed by atoms with Crippen molar-refractivity contribution in [2.75, 3.05) is 6.54 Å². The molecule has 0 saturated heterocycles. The van der Waals surface area contributed by atoms with Gasteiger partial charge in [-0.15, -0.1) is 0 Å². The van der Waals surface area contributed by atoms with E-state index in [1.54, 1.807) is 18.2 Å². The number of benzene rings is 3. The van der Waals surface area contributed by atoms with Crippen LogP contribution >= 0.6 is 11.8 Å². The summed E-state index contributed by atoms with van der Waals surface area (Å²) in [6.45, 7) is 0.354. The lowest BCUT2D eigenvalue weighted by Crippen LogP contribution is -2.26. The number of nitrogens with zero attached hydrogens (tertiary/aromatic N) is 1. The van der Waals surface area contributed by atoms with Crippen molar-refractivity contribution in [3.63, 3.8) is 0 Å². The zero-order chi connectivity index (χ0) is 21.8. The first-order valence-electron chi connectivity index (χ1n) is 9.57. The Kier molecular flexibility index (Phi) is 5.99. The molecule has 0 fully saturated rings. The number of carbonyl (C=O) groups excluding carboxylic acids is 1. The number of nitro benzene ring substituents is 1. The highest BCUT2D eigenvalue weighted by molar-refractivity contribution is 7.99. The van der Waals surface area contributed by atoms with Crippen LogP contribution in [0.1, 0.15) is 15.9 Å². The van der Waals surface area contributed by atoms with Gasteiger partial charge in [-0.2, -0.15) is 0 Å². The molecule has 0 unspecified atom stereocenters. The minimum atomic E-state index is -0.555. The van der Waals surface area contributed by atoms with Gasteiger partial charge in [-0.1, -0.05) is 42.1 Å². The number of H-pyrrole nitrogens is 1. The molecule has 0 atom stereocenters. The molecule has 1 aromatic heterocycles. The molecule has 0 aliphatic rings. The van der Waals surface area contributed by atoms with Crippen LogP contribution in [-0.2, 0) is 6.42 Å². The minimum absolute atomic E-state index is 0.140. The van der Waals surface area contributed by atoms with Gasteiger partial charge >= 0.3 is 0 Å². The van der Waals surface area contributed by atoms with Crippen LogP contribution in [0, 0.1) is 15.9 Å². The van der Waals surface area contributed by atoms with Crippen LogP contribution in [0.3, 0.4) is 0 Å². The maximum absolute atomic E-state index is 14.1. The maximum Gasteiger partial charge on any atom is 0.270 e. The van der Waals surface area contributed by atoms with Crippen LogP contribution in [0.25, 0.3) is 10.9 Å². The van der Waals surface area contributed by atoms with Gasteiger partial charge in [0.1, 0.15) is 5.82 Å². The minimum Gasteiger partial charge on any atom is -0.361 e. The Labute approximate surface area is 181 Å². The summed E-state index contributed by atoms with van der Waals surface area (Å²) in [5.74, 6) is -0.862. The van der Waals surface area contributed by atoms with E-state index in [1.165, 1.54) is 24.3 Å². The van der Waals surface area contributed by atoms with E-state index in [0.29, 0.717) is 22.8 Å². The second kappa shape index (κ2) is 9.01. The molecule has 156 valence electrons. The van der Waals surface area contributed by atoms with E-state index < -0.39 is 16.6 Å². The fraction of sp³-hybridized carbons (Fsp3) is 0.0870. The molecular weight excluding hydrogens is 417 g/mol. The maximum atomic E-state index is 14.1. The molecule has 0 radical (unpaired) electrons. The van der Waals surface area contributed by atoms with Gasteiger partial charge in [-0.3, -0.25) is 14.9 Å². The van der Waals surface area contributed by atoms with Crippen LogP contribution in [-0.4, -0.2) is 22.4 Å². The van der Waals surface area contributed by atoms with E-state index >= 15 is 0 Å². The zero-order valence-corrected chi connectivity index (χ0v) is 17.1. The van der Waals surface area contributed by atoms with Crippen molar-refractivity contribution < 1.29 is 14.1 Å². The van der Waals surface area contributed by atoms with Crippen molar-refractivity contribution in [2.45, 2.75) is 16.2 Å². The smallest absolute Gasteiger partial charge is 0.270 e. The summed E-state index contributed by atoms with van der Waals surface area (Å²) in [4.78, 5) is 27.5. The lowest BCUT2D eigenvalue weighted by Gasteiger charge is -2.10. The monoisotopic (exact) mass is 435 g/mol. The normalized spacial score (nSPS) is 10.9. The molecule has 0 aliphatic carbocycles. The van der Waals surface area contributed by atoms with Crippen molar-refractivity contribution in [3.05, 3.63) is 100.0 Å². The second-order valence-corrected chi connectivity index (χ2v) is 7.92. The summed E-state index contributed by atoms with van der Waals surface area (Å²) in [6.07, 6.45) is 2.50. The molecule has 4 aromatic rings. The summed E-state index contributed by atoms with van der Waals surface area (Å²) in [5, 5.41) is 15.1. The number of para-hydroxylation sites is 1. The van der Waals surface area contributed by atoms with Crippen LogP contribution < -0.4 is 5.32 Å². The number of nitrogens with one attached hydrogen (secondary N) is 2. The number of aromatic amines is 1. The lowest BCUT2D eigenvalue weighted by molar-refractivity contribution is -0.384. The van der Waals surface area contributed by atoms with Gasteiger partial charge in [-0.25, -0.2) is 4.39 Å². The Bertz CT molecular complexity index is 1270. The van der Waals surface area contributed by atoms with Gasteiger partial charge in [0, 0.05) is 45.6 Å². The number of rotatable bonds is 7. The molecule has 8 heteroatoms. The van der Waals surface area contributed by atoms with E-state index in [1.807, 2.05) is 30.5 Å². The number of hydrogen-bond acceptors (Lipinski definition) is 4. The Hall–Kier alpha value is -3.65. The number of hydrogen-bond donors (Lipinski definition) is 2. The average Bonchev–Trinajstić information content (AvgIpc) is 3.18. The predicted molar refractivity (Wildman–Crippen MR) is 118 cm³/mol. The van der Waals surface area contributed by atoms with Gasteiger partial charge in [0.05, 0.1) is 10.5 Å². The zero-order valence-electron chi connectivity index (χ0n) is 16.3. The highest BCUT2D eigenvalue weighted by Gasteiger charge is 2.18. The molecule has 0 bridgehead atoms. The summed E-state index contributed by atoms with van der Waals surface area (Å²) < 4.78 is 14.1. The molecule has 0 aliphatic heterocycles. The van der Waals surface area contributed by atoms with Crippen molar-refractivity contribution in [2.24, 2.45) is 0 Å². The predicted octanol–water partition coefficient (Wildman–Crippen LogP) is 5.34. The Morgan fingerprint density at radius 1 is 1.06 bits per heavy atom. The van der Waals surface area contributed by atoms with E-state index in [2.05, 4.69) is 10.3 Å². The summed E-state index contributed by atoms with van der Waals surface area (Å²) in [7, 11) is 0. The van der Waals surface area contributed by atoms with Crippen LogP contribution in [0.4, 0.5) is 10.1 Å². The fourth-order valence-electron chi connectivity index (χ4n) is 3.29. The van der Waals surface area contributed by atoms with Gasteiger partial charge in [0.2, 0.25) is 0 Å². The number of halogens is 1. The molecule has 0 saturated carbocycles. The van der Waals surface area contributed by atoms with Crippen molar-refractivity contribution in [3.8, 4) is 0 Å². The topological polar surface area (TPSA) is 88.0 Å². The molecule has 31 heavy (non-hydrogen) atoms. The van der Waals surface area contributed by atoms with Crippen LogP contribution in [0.2, 0.25) is 0 Å². The van der Waals surface area contributed by atoms with Gasteiger partial charge in [0.15, 0.2) is 0 Å². The Morgan fingerprint density at radius 2 is 1.84 bits per heavy atom. The number of fused-ring (bicyclic) bond motifs is 1. The highest BCUT2D eigenvalue weighted by Crippen LogP contribution is 2.34. The van der Waals surface area contributed by atoms with Crippen LogP contribution in [0.5, 0.6) is 0 Å². The number of carbonyl (C=O) groups is 1. The van der Waals surface area contributed by atoms with E-state index in [9.17, 15) is 19.3 Å². The van der Waals surface area contributed by atoms with Gasteiger partial charge in [0.25, 0.3) is 11.6 Å². The Balaban J connectivity index is 1.53. The third-order valence-corrected chi connectivity index (χ3v) is 5.96. The van der Waals surface area contributed by atoms with Crippen molar-refractivity contribution >= 4 is 34.3 Å². The molecular formula is C23H18FN3O3S. The molecule has 2 N–H and O–H groups in total. The number of non-ortho nitro benzene ring substituents is 1. The molecule has 3 aromatic carbocycles. The molecule has 1 amide bonds. The lowest BCUT2D eigenvalue weighted by atomic mass is 10.1. The van der Waals surface area contributed by atoms with Crippen molar-refractivity contribution in [1.29, 1.82) is 0 Å². The van der Waals surface area contributed by atoms with E-state index in [-0.39, 0.29) is 11.3 Å². The quantitative estimate of drug-likeness (QED) is 0.303. The molecule has 6 nitrogen and oxygen atoms in total. The highest BCUT2D eigenvalue weighted by atomic mass is 32.2. The first kappa shape index (κ1) is 20.6. The third kappa shape index (κ3) is 4.59. The summed E-state index contributed by atoms with van der Waals surface area (Å²) in [6, 6.07) is 18.1. The Morgan fingerprint density at radius 3 is 2.65 bits per heavy atom. The first-order chi connectivity index (χ1) is 15.0. The van der Waals surface area contributed by atoms with E-state index in [4.69, 9.17) is 0 Å². The second-order valence-electron chi connectivity index (χ2n) is 6.84. The summed E-state index contributed by atoms with van der Waals surface area (Å²) in [5.41, 5.74) is 2.03. The van der Waals surface area contributed by atoms with E-state index in [0.717, 1.165) is 28.2 Å². The molecule has 0 spiro atoms. The molecule has 1 heterocycles. The first-order valence-corrected chi connectivity index (χ1v) is 10.4. The van der Waals surface area contributed by atoms with Crippen LogP contribution in [0.15, 0.2) is 82.7 Å². The van der Waals surface area contributed by atoms with Gasteiger partial charge < -0.3 is 10.3 Å². The van der Waals surface area contributed by atoms with Crippen molar-refractivity contribution in [1.82, 2.24) is 10.3 Å². The SMILES string of the molecule is O=C(NCCc1c[nH]c2ccccc12)c1cc([N+](=O)[O-])ccc1Sc1ccccc1F.